The van der Waals surface area contributed by atoms with E-state index in [0.717, 1.165) is 37.3 Å². The first-order chi connectivity index (χ1) is 16.5. The molecule has 1 aliphatic heterocycles. The quantitative estimate of drug-likeness (QED) is 0.530. The van der Waals surface area contributed by atoms with Gasteiger partial charge in [-0.15, -0.1) is 0 Å². The molecule has 2 amide bonds. The van der Waals surface area contributed by atoms with Crippen molar-refractivity contribution in [3.63, 3.8) is 0 Å². The van der Waals surface area contributed by atoms with E-state index in [1.165, 1.54) is 5.69 Å². The topological polar surface area (TPSA) is 77.6 Å². The predicted molar refractivity (Wildman–Crippen MR) is 135 cm³/mol. The molecule has 7 nitrogen and oxygen atoms in total. The van der Waals surface area contributed by atoms with E-state index in [1.54, 1.807) is 31.3 Å². The summed E-state index contributed by atoms with van der Waals surface area (Å²) in [6.07, 6.45) is 3.54. The van der Waals surface area contributed by atoms with Crippen LogP contribution in [0, 0.1) is 6.92 Å². The third-order valence-corrected chi connectivity index (χ3v) is 6.53. The average Bonchev–Trinajstić information content (AvgIpc) is 2.88. The molecule has 1 aliphatic rings. The van der Waals surface area contributed by atoms with Crippen molar-refractivity contribution >= 4 is 34.8 Å². The summed E-state index contributed by atoms with van der Waals surface area (Å²) in [6.45, 7) is 5.52. The second-order valence-electron chi connectivity index (χ2n) is 8.24. The number of carbonyl (C=O) groups excluding carboxylic acids is 2. The van der Waals surface area contributed by atoms with Gasteiger partial charge in [0.05, 0.1) is 6.04 Å². The Labute approximate surface area is 204 Å². The number of hydrogen-bond donors (Lipinski definition) is 2. The Morgan fingerprint density at radius 3 is 2.44 bits per heavy atom. The molecule has 176 valence electrons. The normalized spacial score (nSPS) is 14.9. The Balaban J connectivity index is 1.39. The van der Waals surface area contributed by atoms with Crippen LogP contribution in [0.25, 0.3) is 0 Å². The Morgan fingerprint density at radius 2 is 1.74 bits per heavy atom. The molecule has 4 rings (SSSR count). The molecule has 8 heteroatoms. The minimum Gasteiger partial charge on any atom is -0.369 e. The first-order valence-electron chi connectivity index (χ1n) is 11.3. The lowest BCUT2D eigenvalue weighted by atomic mass is 10.1. The number of hydrogen-bond acceptors (Lipinski definition) is 5. The number of anilines is 2. The van der Waals surface area contributed by atoms with Crippen molar-refractivity contribution in [1.82, 2.24) is 15.2 Å². The molecule has 0 saturated carbocycles. The highest BCUT2D eigenvalue weighted by molar-refractivity contribution is 6.40. The van der Waals surface area contributed by atoms with Gasteiger partial charge >= 0.3 is 11.8 Å². The number of nitrogens with zero attached hydrogens (tertiary/aromatic N) is 3. The molecule has 0 radical (unpaired) electrons. The van der Waals surface area contributed by atoms with Crippen molar-refractivity contribution < 1.29 is 9.59 Å². The molecule has 0 spiro atoms. The van der Waals surface area contributed by atoms with Crippen LogP contribution in [0.4, 0.5) is 11.4 Å². The summed E-state index contributed by atoms with van der Waals surface area (Å²) in [7, 11) is 0. The Hall–Kier alpha value is -3.42. The molecule has 1 unspecified atom stereocenters. The monoisotopic (exact) mass is 477 g/mol. The highest BCUT2D eigenvalue weighted by Crippen LogP contribution is 2.24. The van der Waals surface area contributed by atoms with Crippen molar-refractivity contribution in [2.24, 2.45) is 0 Å². The molecule has 0 aliphatic carbocycles. The van der Waals surface area contributed by atoms with Crippen LogP contribution in [-0.2, 0) is 9.59 Å². The third kappa shape index (κ3) is 5.73. The van der Waals surface area contributed by atoms with Gasteiger partial charge in [-0.1, -0.05) is 41.9 Å². The standard InChI is InChI=1S/C26H28ClN5O2/c1-19-22(27)10-5-11-23(19)30-26(34)25(33)29-18-24(20-7-6-12-28-17-20)32-15-13-31(14-16-32)21-8-3-2-4-9-21/h2-12,17,24H,13-16,18H2,1H3,(H,29,33)(H,30,34). The van der Waals surface area contributed by atoms with Gasteiger partial charge in [0, 0.05) is 61.5 Å². The van der Waals surface area contributed by atoms with Crippen LogP contribution < -0.4 is 15.5 Å². The molecule has 1 atom stereocenters. The first kappa shape index (κ1) is 23.7. The Bertz CT molecular complexity index is 1120. The summed E-state index contributed by atoms with van der Waals surface area (Å²) in [6, 6.07) is 19.3. The second kappa shape index (κ2) is 11.1. The molecular weight excluding hydrogens is 450 g/mol. The van der Waals surface area contributed by atoms with Crippen molar-refractivity contribution in [3.8, 4) is 0 Å². The molecule has 2 aromatic carbocycles. The van der Waals surface area contributed by atoms with Gasteiger partial charge in [-0.05, 0) is 48.4 Å². The van der Waals surface area contributed by atoms with E-state index < -0.39 is 11.8 Å². The van der Waals surface area contributed by atoms with Crippen molar-refractivity contribution in [3.05, 3.63) is 89.2 Å². The van der Waals surface area contributed by atoms with Crippen LogP contribution in [0.1, 0.15) is 17.2 Å². The summed E-state index contributed by atoms with van der Waals surface area (Å²) in [5.74, 6) is -1.40. The molecule has 3 aromatic rings. The van der Waals surface area contributed by atoms with E-state index in [0.29, 0.717) is 17.3 Å². The van der Waals surface area contributed by atoms with E-state index in [4.69, 9.17) is 11.6 Å². The lowest BCUT2D eigenvalue weighted by molar-refractivity contribution is -0.136. The first-order valence-corrected chi connectivity index (χ1v) is 11.7. The number of aromatic nitrogens is 1. The van der Waals surface area contributed by atoms with Crippen LogP contribution in [0.3, 0.4) is 0 Å². The fourth-order valence-corrected chi connectivity index (χ4v) is 4.33. The lowest BCUT2D eigenvalue weighted by Crippen LogP contribution is -2.50. The fourth-order valence-electron chi connectivity index (χ4n) is 4.15. The minimum absolute atomic E-state index is 0.0868. The highest BCUT2D eigenvalue weighted by atomic mass is 35.5. The fraction of sp³-hybridized carbons (Fsp3) is 0.269. The molecule has 1 fully saturated rings. The largest absolute Gasteiger partial charge is 0.369 e. The van der Waals surface area contributed by atoms with Gasteiger partial charge in [-0.2, -0.15) is 0 Å². The molecule has 2 N–H and O–H groups in total. The molecule has 1 aromatic heterocycles. The van der Waals surface area contributed by atoms with Gasteiger partial charge < -0.3 is 15.5 Å². The van der Waals surface area contributed by atoms with Crippen molar-refractivity contribution in [1.29, 1.82) is 0 Å². The summed E-state index contributed by atoms with van der Waals surface area (Å²) in [4.78, 5) is 34.0. The lowest BCUT2D eigenvalue weighted by Gasteiger charge is -2.40. The number of para-hydroxylation sites is 1. The van der Waals surface area contributed by atoms with E-state index in [9.17, 15) is 9.59 Å². The van der Waals surface area contributed by atoms with Gasteiger partial charge in [0.2, 0.25) is 0 Å². The van der Waals surface area contributed by atoms with Crippen LogP contribution in [0.15, 0.2) is 73.1 Å². The van der Waals surface area contributed by atoms with Gasteiger partial charge in [-0.3, -0.25) is 19.5 Å². The van der Waals surface area contributed by atoms with E-state index in [2.05, 4.69) is 37.6 Å². The smallest absolute Gasteiger partial charge is 0.313 e. The molecule has 2 heterocycles. The summed E-state index contributed by atoms with van der Waals surface area (Å²) < 4.78 is 0. The number of pyridine rings is 1. The highest BCUT2D eigenvalue weighted by Gasteiger charge is 2.27. The van der Waals surface area contributed by atoms with Gasteiger partial charge in [0.15, 0.2) is 0 Å². The van der Waals surface area contributed by atoms with Crippen LogP contribution in [0.2, 0.25) is 5.02 Å². The number of amides is 2. The Kier molecular flexibility index (Phi) is 7.77. The van der Waals surface area contributed by atoms with E-state index in [1.807, 2.05) is 36.5 Å². The second-order valence-corrected chi connectivity index (χ2v) is 8.64. The van der Waals surface area contributed by atoms with Gasteiger partial charge in [0.25, 0.3) is 0 Å². The third-order valence-electron chi connectivity index (χ3n) is 6.12. The number of halogens is 1. The summed E-state index contributed by atoms with van der Waals surface area (Å²) in [5, 5.41) is 5.99. The zero-order chi connectivity index (χ0) is 23.9. The van der Waals surface area contributed by atoms with Gasteiger partial charge in [0.1, 0.15) is 0 Å². The number of nitrogens with one attached hydrogen (secondary N) is 2. The predicted octanol–water partition coefficient (Wildman–Crippen LogP) is 3.66. The number of rotatable bonds is 6. The van der Waals surface area contributed by atoms with Crippen LogP contribution in [0.5, 0.6) is 0 Å². The average molecular weight is 478 g/mol. The van der Waals surface area contributed by atoms with E-state index in [-0.39, 0.29) is 6.04 Å². The zero-order valence-electron chi connectivity index (χ0n) is 19.1. The molecule has 34 heavy (non-hydrogen) atoms. The number of carbonyl (C=O) groups is 2. The summed E-state index contributed by atoms with van der Waals surface area (Å²) >= 11 is 6.12. The van der Waals surface area contributed by atoms with Crippen molar-refractivity contribution in [2.45, 2.75) is 13.0 Å². The maximum Gasteiger partial charge on any atom is 0.313 e. The van der Waals surface area contributed by atoms with Gasteiger partial charge in [-0.25, -0.2) is 0 Å². The van der Waals surface area contributed by atoms with E-state index >= 15 is 0 Å². The molecule has 0 bridgehead atoms. The minimum atomic E-state index is -0.718. The maximum absolute atomic E-state index is 12.6. The number of benzene rings is 2. The van der Waals surface area contributed by atoms with Crippen LogP contribution >= 0.6 is 11.6 Å². The zero-order valence-corrected chi connectivity index (χ0v) is 19.8. The summed E-state index contributed by atoms with van der Waals surface area (Å²) in [5.41, 5.74) is 3.45. The maximum atomic E-state index is 12.6. The molecular formula is C26H28ClN5O2. The van der Waals surface area contributed by atoms with Crippen LogP contribution in [-0.4, -0.2) is 54.4 Å². The Morgan fingerprint density at radius 1 is 0.971 bits per heavy atom. The molecule has 1 saturated heterocycles. The van der Waals surface area contributed by atoms with Crippen molar-refractivity contribution in [2.75, 3.05) is 42.9 Å². The number of piperazine rings is 1. The SMILES string of the molecule is Cc1c(Cl)cccc1NC(=O)C(=O)NCC(c1cccnc1)N1CCN(c2ccccc2)CC1.